The number of carbonyl (C=O) groups excluding carboxylic acids is 1. The molecule has 0 aliphatic carbocycles. The van der Waals surface area contributed by atoms with Crippen LogP contribution < -0.4 is 0 Å². The number of rotatable bonds is 5. The highest BCUT2D eigenvalue weighted by Gasteiger charge is 2.31. The molecule has 0 saturated heterocycles. The number of hydrogen-bond acceptors (Lipinski definition) is 2. The first-order chi connectivity index (χ1) is 8.90. The molecule has 0 unspecified atom stereocenters. The minimum atomic E-state index is -4.47. The lowest BCUT2D eigenvalue weighted by Crippen LogP contribution is -2.35. The Morgan fingerprint density at radius 1 is 1.21 bits per heavy atom. The molecule has 8 heteroatoms. The second-order valence-corrected chi connectivity index (χ2v) is 4.36. The van der Waals surface area contributed by atoms with Crippen molar-refractivity contribution in [1.29, 1.82) is 0 Å². The van der Waals surface area contributed by atoms with E-state index in [1.54, 1.807) is 0 Å². The second kappa shape index (κ2) is 6.96. The van der Waals surface area contributed by atoms with Crippen molar-refractivity contribution in [3.63, 3.8) is 0 Å². The van der Waals surface area contributed by atoms with Gasteiger partial charge >= 0.3 is 6.18 Å². The summed E-state index contributed by atoms with van der Waals surface area (Å²) in [5, 5.41) is 0. The summed E-state index contributed by atoms with van der Waals surface area (Å²) >= 11 is 11.1. The second-order valence-electron chi connectivity index (χ2n) is 3.60. The first kappa shape index (κ1) is 16.0. The van der Waals surface area contributed by atoms with E-state index in [9.17, 15) is 18.0 Å². The predicted octanol–water partition coefficient (Wildman–Crippen LogP) is 3.02. The molecule has 0 aromatic carbocycles. The number of alkyl halides is 5. The van der Waals surface area contributed by atoms with Crippen LogP contribution in [0.3, 0.4) is 0 Å². The molecule has 1 amide bonds. The van der Waals surface area contributed by atoms with Crippen LogP contribution in [0.25, 0.3) is 0 Å². The normalized spacial score (nSPS) is 11.4. The third-order valence-corrected chi connectivity index (χ3v) is 2.64. The molecule has 0 bridgehead atoms. The molecule has 1 aromatic rings. The van der Waals surface area contributed by atoms with E-state index in [-0.39, 0.29) is 30.5 Å². The van der Waals surface area contributed by atoms with Crippen LogP contribution in [0.4, 0.5) is 13.2 Å². The third-order valence-electron chi connectivity index (χ3n) is 2.31. The van der Waals surface area contributed by atoms with Crippen LogP contribution in [0, 0.1) is 0 Å². The molecule has 1 aromatic heterocycles. The van der Waals surface area contributed by atoms with E-state index in [1.165, 1.54) is 4.90 Å². The van der Waals surface area contributed by atoms with Gasteiger partial charge in [-0.2, -0.15) is 13.2 Å². The Bertz CT molecular complexity index is 417. The molecule has 0 N–H and O–H groups in total. The zero-order valence-electron chi connectivity index (χ0n) is 9.75. The van der Waals surface area contributed by atoms with Gasteiger partial charge in [0.25, 0.3) is 5.91 Å². The fourth-order valence-corrected chi connectivity index (χ4v) is 1.78. The molecule has 1 heterocycles. The van der Waals surface area contributed by atoms with Gasteiger partial charge in [0.2, 0.25) is 0 Å². The topological polar surface area (TPSA) is 33.2 Å². The van der Waals surface area contributed by atoms with Crippen molar-refractivity contribution in [2.75, 3.05) is 24.8 Å². The first-order valence-electron chi connectivity index (χ1n) is 5.34. The molecule has 0 atom stereocenters. The molecule has 3 nitrogen and oxygen atoms in total. The monoisotopic (exact) mass is 314 g/mol. The van der Waals surface area contributed by atoms with E-state index in [4.69, 9.17) is 23.2 Å². The van der Waals surface area contributed by atoms with Gasteiger partial charge in [-0.25, -0.2) is 0 Å². The van der Waals surface area contributed by atoms with E-state index in [2.05, 4.69) is 4.98 Å². The van der Waals surface area contributed by atoms with E-state index in [0.717, 1.165) is 12.1 Å². The van der Waals surface area contributed by atoms with Gasteiger partial charge in [0, 0.05) is 31.0 Å². The van der Waals surface area contributed by atoms with Crippen molar-refractivity contribution in [3.8, 4) is 0 Å². The Morgan fingerprint density at radius 3 is 2.16 bits per heavy atom. The average Bonchev–Trinajstić information content (AvgIpc) is 2.37. The lowest BCUT2D eigenvalue weighted by atomic mass is 10.2. The molecule has 0 aliphatic rings. The maximum atomic E-state index is 12.4. The number of carbonyl (C=O) groups is 1. The van der Waals surface area contributed by atoms with E-state index in [1.807, 2.05) is 0 Å². The van der Waals surface area contributed by atoms with Crippen LogP contribution >= 0.6 is 23.2 Å². The summed E-state index contributed by atoms with van der Waals surface area (Å²) in [6.45, 7) is 0.519. The Morgan fingerprint density at radius 2 is 1.79 bits per heavy atom. The van der Waals surface area contributed by atoms with Gasteiger partial charge in [-0.05, 0) is 12.1 Å². The fourth-order valence-electron chi connectivity index (χ4n) is 1.37. The number of nitrogens with zero attached hydrogens (tertiary/aromatic N) is 2. The molecule has 0 fully saturated rings. The van der Waals surface area contributed by atoms with Gasteiger partial charge in [0.1, 0.15) is 5.69 Å². The highest BCUT2D eigenvalue weighted by Crippen LogP contribution is 2.28. The minimum absolute atomic E-state index is 0.0665. The smallest absolute Gasteiger partial charge is 0.335 e. The molecular weight excluding hydrogens is 304 g/mol. The number of hydrogen-bond donors (Lipinski definition) is 0. The molecule has 19 heavy (non-hydrogen) atoms. The molecule has 0 aliphatic heterocycles. The number of pyridine rings is 1. The maximum absolute atomic E-state index is 12.4. The van der Waals surface area contributed by atoms with Crippen molar-refractivity contribution >= 4 is 29.1 Å². The average molecular weight is 315 g/mol. The predicted molar refractivity (Wildman–Crippen MR) is 66.6 cm³/mol. The van der Waals surface area contributed by atoms with Crippen LogP contribution in [-0.2, 0) is 6.18 Å². The Labute approximate surface area is 118 Å². The van der Waals surface area contributed by atoms with E-state index < -0.39 is 17.6 Å². The summed E-state index contributed by atoms with van der Waals surface area (Å²) in [6.07, 6.45) is -3.84. The number of amides is 1. The van der Waals surface area contributed by atoms with Crippen LogP contribution in [-0.4, -0.2) is 40.6 Å². The first-order valence-corrected chi connectivity index (χ1v) is 6.41. The summed E-state index contributed by atoms with van der Waals surface area (Å²) in [5.41, 5.74) is -0.964. The van der Waals surface area contributed by atoms with E-state index in [0.29, 0.717) is 6.20 Å². The molecule has 0 spiro atoms. The van der Waals surface area contributed by atoms with Crippen LogP contribution in [0.1, 0.15) is 16.1 Å². The SMILES string of the molecule is O=C(c1ccc(C(F)(F)F)cn1)N(CCCl)CCCl. The zero-order chi connectivity index (χ0) is 14.5. The lowest BCUT2D eigenvalue weighted by Gasteiger charge is -2.20. The standard InChI is InChI=1S/C11H11Cl2F3N2O/c12-3-5-18(6-4-13)10(19)9-2-1-8(7-17-9)11(14,15)16/h1-2,7H,3-6H2. The molecule has 1 rings (SSSR count). The summed E-state index contributed by atoms with van der Waals surface area (Å²) in [7, 11) is 0. The van der Waals surface area contributed by atoms with Crippen LogP contribution in [0.5, 0.6) is 0 Å². The highest BCUT2D eigenvalue weighted by molar-refractivity contribution is 6.18. The quantitative estimate of drug-likeness (QED) is 0.783. The number of aromatic nitrogens is 1. The van der Waals surface area contributed by atoms with Crippen molar-refractivity contribution in [3.05, 3.63) is 29.6 Å². The zero-order valence-corrected chi connectivity index (χ0v) is 11.3. The fraction of sp³-hybridized carbons (Fsp3) is 0.455. The Hall–Kier alpha value is -1.01. The van der Waals surface area contributed by atoms with Gasteiger partial charge in [-0.1, -0.05) is 0 Å². The summed E-state index contributed by atoms with van der Waals surface area (Å²) in [5.74, 6) is -0.0676. The van der Waals surface area contributed by atoms with Crippen molar-refractivity contribution in [1.82, 2.24) is 9.88 Å². The summed E-state index contributed by atoms with van der Waals surface area (Å²) in [4.78, 5) is 16.8. The van der Waals surface area contributed by atoms with Gasteiger partial charge < -0.3 is 4.90 Å². The van der Waals surface area contributed by atoms with Gasteiger partial charge in [-0.3, -0.25) is 9.78 Å². The van der Waals surface area contributed by atoms with Crippen molar-refractivity contribution < 1.29 is 18.0 Å². The largest absolute Gasteiger partial charge is 0.417 e. The van der Waals surface area contributed by atoms with Crippen LogP contribution in [0.2, 0.25) is 0 Å². The van der Waals surface area contributed by atoms with Gasteiger partial charge in [0.05, 0.1) is 5.56 Å². The van der Waals surface area contributed by atoms with Gasteiger partial charge in [-0.15, -0.1) is 23.2 Å². The van der Waals surface area contributed by atoms with Crippen LogP contribution in [0.15, 0.2) is 18.3 Å². The molecular formula is C11H11Cl2F3N2O. The highest BCUT2D eigenvalue weighted by atomic mass is 35.5. The van der Waals surface area contributed by atoms with Gasteiger partial charge in [0.15, 0.2) is 0 Å². The van der Waals surface area contributed by atoms with Crippen molar-refractivity contribution in [2.24, 2.45) is 0 Å². The van der Waals surface area contributed by atoms with Crippen molar-refractivity contribution in [2.45, 2.75) is 6.18 Å². The maximum Gasteiger partial charge on any atom is 0.417 e. The lowest BCUT2D eigenvalue weighted by molar-refractivity contribution is -0.137. The third kappa shape index (κ3) is 4.54. The minimum Gasteiger partial charge on any atom is -0.335 e. The van der Waals surface area contributed by atoms with E-state index >= 15 is 0 Å². The summed E-state index contributed by atoms with van der Waals surface area (Å²) in [6, 6.07) is 1.86. The molecule has 106 valence electrons. The molecule has 0 radical (unpaired) electrons. The summed E-state index contributed by atoms with van der Waals surface area (Å²) < 4.78 is 37.1. The number of halogens is 5. The Kier molecular flexibility index (Phi) is 5.87. The Balaban J connectivity index is 2.87. The molecule has 0 saturated carbocycles.